The van der Waals surface area contributed by atoms with Crippen LogP contribution in [0.1, 0.15) is 61.8 Å². The van der Waals surface area contributed by atoms with Gasteiger partial charge in [0.1, 0.15) is 28.5 Å². The third-order valence-electron chi connectivity index (χ3n) is 5.34. The number of carbonyl (C=O) groups excluding carboxylic acids is 2. The van der Waals surface area contributed by atoms with Crippen molar-refractivity contribution in [2.24, 2.45) is 5.73 Å². The Bertz CT molecular complexity index is 1130. The Kier molecular flexibility index (Phi) is 7.79. The average Bonchev–Trinajstić information content (AvgIpc) is 3.41. The number of primary amides is 1. The predicted molar refractivity (Wildman–Crippen MR) is 132 cm³/mol. The maximum absolute atomic E-state index is 12.5. The second kappa shape index (κ2) is 10.6. The summed E-state index contributed by atoms with van der Waals surface area (Å²) in [6, 6.07) is 5.10. The molecule has 1 aliphatic heterocycles. The van der Waals surface area contributed by atoms with E-state index < -0.39 is 11.5 Å². The van der Waals surface area contributed by atoms with Gasteiger partial charge in [-0.05, 0) is 52.2 Å². The van der Waals surface area contributed by atoms with Crippen LogP contribution in [0.3, 0.4) is 0 Å². The molecule has 0 aliphatic carbocycles. The smallest absolute Gasteiger partial charge is 0.410 e. The normalized spacial score (nSPS) is 15.3. The lowest BCUT2D eigenvalue weighted by molar-refractivity contribution is 0.0288. The van der Waals surface area contributed by atoms with E-state index in [1.54, 1.807) is 42.0 Å². The van der Waals surface area contributed by atoms with E-state index >= 15 is 0 Å². The Hall–Kier alpha value is -3.87. The molecule has 1 saturated heterocycles. The fourth-order valence-corrected chi connectivity index (χ4v) is 3.80. The minimum atomic E-state index is -0.637. The number of benzene rings is 1. The molecule has 35 heavy (non-hydrogen) atoms. The van der Waals surface area contributed by atoms with Crippen molar-refractivity contribution in [3.8, 4) is 23.3 Å². The minimum absolute atomic E-state index is 0.165. The molecule has 0 bridgehead atoms. The zero-order valence-corrected chi connectivity index (χ0v) is 21.1. The first-order valence-electron chi connectivity index (χ1n) is 11.5. The Morgan fingerprint density at radius 2 is 1.83 bits per heavy atom. The van der Waals surface area contributed by atoms with Gasteiger partial charge in [-0.25, -0.2) is 9.48 Å². The van der Waals surface area contributed by atoms with E-state index in [0.29, 0.717) is 48.9 Å². The number of hydrogen-bond donors (Lipinski definition) is 2. The van der Waals surface area contributed by atoms with Gasteiger partial charge in [0, 0.05) is 31.3 Å². The van der Waals surface area contributed by atoms with Gasteiger partial charge in [0.05, 0.1) is 20.3 Å². The first-order valence-corrected chi connectivity index (χ1v) is 11.5. The molecule has 0 spiro atoms. The lowest BCUT2D eigenvalue weighted by Gasteiger charge is -2.24. The van der Waals surface area contributed by atoms with E-state index in [9.17, 15) is 9.59 Å². The quantitative estimate of drug-likeness (QED) is 0.606. The summed E-state index contributed by atoms with van der Waals surface area (Å²) in [4.78, 5) is 26.6. The fourth-order valence-electron chi connectivity index (χ4n) is 3.80. The van der Waals surface area contributed by atoms with Crippen LogP contribution in [-0.2, 0) is 4.74 Å². The summed E-state index contributed by atoms with van der Waals surface area (Å²) in [6.45, 7) is 8.87. The summed E-state index contributed by atoms with van der Waals surface area (Å²) in [7, 11) is 3.12. The van der Waals surface area contributed by atoms with Gasteiger partial charge >= 0.3 is 6.09 Å². The van der Waals surface area contributed by atoms with E-state index in [2.05, 4.69) is 22.3 Å². The highest BCUT2D eigenvalue weighted by molar-refractivity contribution is 6.00. The monoisotopic (exact) mass is 483 g/mol. The van der Waals surface area contributed by atoms with Crippen LogP contribution < -0.4 is 20.5 Å². The van der Waals surface area contributed by atoms with E-state index in [0.717, 1.165) is 0 Å². The molecule has 1 aromatic carbocycles. The van der Waals surface area contributed by atoms with Gasteiger partial charge in [-0.2, -0.15) is 5.10 Å². The fraction of sp³-hybridized carbons (Fsp3) is 0.480. The van der Waals surface area contributed by atoms with E-state index in [1.807, 2.05) is 27.7 Å². The van der Waals surface area contributed by atoms with Crippen LogP contribution in [0.4, 0.5) is 10.6 Å². The van der Waals surface area contributed by atoms with Crippen molar-refractivity contribution in [1.82, 2.24) is 14.7 Å². The van der Waals surface area contributed by atoms with E-state index in [-0.39, 0.29) is 23.4 Å². The number of nitrogens with two attached hydrogens (primary N) is 1. The van der Waals surface area contributed by atoms with Gasteiger partial charge in [-0.1, -0.05) is 5.92 Å². The maximum atomic E-state index is 12.5. The number of rotatable bonds is 6. The van der Waals surface area contributed by atoms with Crippen molar-refractivity contribution in [2.75, 3.05) is 39.2 Å². The molecular weight excluding hydrogens is 450 g/mol. The molecule has 1 fully saturated rings. The summed E-state index contributed by atoms with van der Waals surface area (Å²) in [5, 5.41) is 7.84. The number of hydrogen-bond acceptors (Lipinski definition) is 7. The van der Waals surface area contributed by atoms with Gasteiger partial charge in [-0.3, -0.25) is 4.79 Å². The second-order valence-corrected chi connectivity index (χ2v) is 9.13. The number of ether oxygens (including phenoxy) is 3. The highest BCUT2D eigenvalue weighted by atomic mass is 16.6. The lowest BCUT2D eigenvalue weighted by Crippen LogP contribution is -2.35. The third-order valence-corrected chi connectivity index (χ3v) is 5.34. The molecule has 10 nitrogen and oxygen atoms in total. The van der Waals surface area contributed by atoms with Crippen molar-refractivity contribution in [2.45, 2.75) is 45.8 Å². The molecule has 2 heterocycles. The largest absolute Gasteiger partial charge is 0.497 e. The molecular formula is C25H33N5O5. The lowest BCUT2D eigenvalue weighted by atomic mass is 10.1. The first kappa shape index (κ1) is 25.7. The number of carbonyl (C=O) groups is 2. The average molecular weight is 484 g/mol. The highest BCUT2D eigenvalue weighted by Crippen LogP contribution is 2.30. The Morgan fingerprint density at radius 3 is 2.37 bits per heavy atom. The molecule has 1 atom stereocenters. The molecule has 0 saturated carbocycles. The SMILES string of the molecule is CCNc1c(C(N)=O)c(C#Cc2cc(OC)cc(OC)c2)nn1[C@H]1CCN(C(=O)OC(C)(C)C)C1. The van der Waals surface area contributed by atoms with Crippen molar-refractivity contribution in [3.05, 3.63) is 35.0 Å². The second-order valence-electron chi connectivity index (χ2n) is 9.13. The highest BCUT2D eigenvalue weighted by Gasteiger charge is 2.34. The van der Waals surface area contributed by atoms with Crippen LogP contribution in [0.5, 0.6) is 11.5 Å². The zero-order valence-electron chi connectivity index (χ0n) is 21.1. The van der Waals surface area contributed by atoms with Crippen molar-refractivity contribution >= 4 is 17.8 Å². The van der Waals surface area contributed by atoms with Crippen molar-refractivity contribution < 1.29 is 23.8 Å². The molecule has 3 N–H and O–H groups in total. The van der Waals surface area contributed by atoms with E-state index in [4.69, 9.17) is 19.9 Å². The van der Waals surface area contributed by atoms with Crippen LogP contribution in [-0.4, -0.2) is 66.1 Å². The topological polar surface area (TPSA) is 121 Å². The molecule has 1 aliphatic rings. The van der Waals surface area contributed by atoms with Crippen molar-refractivity contribution in [1.29, 1.82) is 0 Å². The minimum Gasteiger partial charge on any atom is -0.497 e. The number of aromatic nitrogens is 2. The molecule has 3 rings (SSSR count). The van der Waals surface area contributed by atoms with Gasteiger partial charge in [0.2, 0.25) is 0 Å². The van der Waals surface area contributed by atoms with E-state index in [1.165, 1.54) is 0 Å². The first-order chi connectivity index (χ1) is 16.6. The number of methoxy groups -OCH3 is 2. The molecule has 10 heteroatoms. The van der Waals surface area contributed by atoms with Gasteiger partial charge < -0.3 is 30.2 Å². The molecule has 0 radical (unpaired) electrons. The molecule has 2 amide bonds. The summed E-state index contributed by atoms with van der Waals surface area (Å²) in [5.41, 5.74) is 6.26. The number of nitrogens with one attached hydrogen (secondary N) is 1. The standard InChI is InChI=1S/C25H33N5O5/c1-7-27-23-21(22(26)31)20(9-8-16-12-18(33-5)14-19(13-16)34-6)28-30(23)17-10-11-29(15-17)24(32)35-25(2,3)4/h12-14,17,27H,7,10-11,15H2,1-6H3,(H2,26,31)/t17-/m0/s1. The Morgan fingerprint density at radius 1 is 1.17 bits per heavy atom. The molecule has 188 valence electrons. The Labute approximate surface area is 205 Å². The molecule has 1 aromatic heterocycles. The number of nitrogens with zero attached hydrogens (tertiary/aromatic N) is 3. The van der Waals surface area contributed by atoms with Gasteiger partial charge in [0.25, 0.3) is 5.91 Å². The van der Waals surface area contributed by atoms with Crippen LogP contribution >= 0.6 is 0 Å². The van der Waals surface area contributed by atoms with Crippen LogP contribution in [0.15, 0.2) is 18.2 Å². The van der Waals surface area contributed by atoms with Gasteiger partial charge in [-0.15, -0.1) is 0 Å². The summed E-state index contributed by atoms with van der Waals surface area (Å²) in [6.07, 6.45) is 0.275. The molecule has 2 aromatic rings. The maximum Gasteiger partial charge on any atom is 0.410 e. The number of likely N-dealkylation sites (tertiary alicyclic amines) is 1. The predicted octanol–water partition coefficient (Wildman–Crippen LogP) is 3.01. The Balaban J connectivity index is 1.97. The molecule has 0 unspecified atom stereocenters. The summed E-state index contributed by atoms with van der Waals surface area (Å²) >= 11 is 0. The van der Waals surface area contributed by atoms with Gasteiger partial charge in [0.15, 0.2) is 5.69 Å². The number of anilines is 1. The summed E-state index contributed by atoms with van der Waals surface area (Å²) in [5.74, 6) is 7.05. The van der Waals surface area contributed by atoms with Crippen molar-refractivity contribution in [3.63, 3.8) is 0 Å². The van der Waals surface area contributed by atoms with Crippen LogP contribution in [0.2, 0.25) is 0 Å². The number of amides is 2. The zero-order chi connectivity index (χ0) is 25.8. The van der Waals surface area contributed by atoms with Crippen LogP contribution in [0, 0.1) is 11.8 Å². The van der Waals surface area contributed by atoms with Crippen LogP contribution in [0.25, 0.3) is 0 Å². The third kappa shape index (κ3) is 6.18. The summed E-state index contributed by atoms with van der Waals surface area (Å²) < 4.78 is 17.8.